The lowest BCUT2D eigenvalue weighted by Crippen LogP contribution is -2.60. The summed E-state index contributed by atoms with van der Waals surface area (Å²) in [6.45, 7) is 3.79. The van der Waals surface area contributed by atoms with Gasteiger partial charge in [-0.1, -0.05) is 148 Å². The van der Waals surface area contributed by atoms with E-state index in [2.05, 4.69) is 31.3 Å². The van der Waals surface area contributed by atoms with Crippen LogP contribution in [0.3, 0.4) is 0 Å². The number of amides is 1. The molecule has 1 fully saturated rings. The van der Waals surface area contributed by atoms with E-state index in [1.165, 1.54) is 103 Å². The second-order valence-corrected chi connectivity index (χ2v) is 14.4. The van der Waals surface area contributed by atoms with Gasteiger partial charge in [-0.2, -0.15) is 0 Å². The molecule has 0 saturated carbocycles. The van der Waals surface area contributed by atoms with E-state index in [4.69, 9.17) is 9.47 Å². The maximum atomic E-state index is 12.9. The molecule has 0 bridgehead atoms. The number of carbonyl (C=O) groups is 1. The van der Waals surface area contributed by atoms with E-state index in [0.717, 1.165) is 51.4 Å². The van der Waals surface area contributed by atoms with Gasteiger partial charge in [0.15, 0.2) is 6.29 Å². The molecule has 9 nitrogen and oxygen atoms in total. The monoisotopic (exact) mass is 700 g/mol. The first kappa shape index (κ1) is 46.0. The highest BCUT2D eigenvalue weighted by Gasteiger charge is 2.44. The summed E-state index contributed by atoms with van der Waals surface area (Å²) in [4.78, 5) is 12.9. The third kappa shape index (κ3) is 23.2. The van der Waals surface area contributed by atoms with Crippen LogP contribution >= 0.6 is 0 Å². The molecule has 2 unspecified atom stereocenters. The summed E-state index contributed by atoms with van der Waals surface area (Å²) in [6.07, 6.45) is 26.4. The van der Waals surface area contributed by atoms with Crippen LogP contribution in [0.2, 0.25) is 0 Å². The number of allylic oxidation sites excluding steroid dienone is 2. The Labute approximate surface area is 299 Å². The summed E-state index contributed by atoms with van der Waals surface area (Å²) in [5, 5.41) is 54.1. The maximum Gasteiger partial charge on any atom is 0.220 e. The van der Waals surface area contributed by atoms with Crippen LogP contribution in [0.4, 0.5) is 0 Å². The summed E-state index contributed by atoms with van der Waals surface area (Å²) >= 11 is 0. The van der Waals surface area contributed by atoms with E-state index in [1.807, 2.05) is 0 Å². The number of hydrogen-bond acceptors (Lipinski definition) is 8. The maximum absolute atomic E-state index is 12.9. The van der Waals surface area contributed by atoms with Crippen LogP contribution < -0.4 is 5.32 Å². The van der Waals surface area contributed by atoms with Crippen LogP contribution in [-0.4, -0.2) is 87.5 Å². The molecule has 0 radical (unpaired) electrons. The van der Waals surface area contributed by atoms with Crippen LogP contribution in [0, 0.1) is 0 Å². The van der Waals surface area contributed by atoms with Crippen molar-refractivity contribution in [2.24, 2.45) is 0 Å². The standard InChI is InChI=1S/C40H77NO8/c1-3-5-7-9-11-13-15-16-17-18-20-22-24-26-28-30-36(44)41-33(32-48-40-39(47)38(46)37(45)35(31-42)49-40)34(43)29-27-25-23-21-19-14-12-10-8-6-4-2/h16-17,33-35,37-40,42-43,45-47H,3-15,18-32H2,1-2H3,(H,41,44)/b17-16+/t33-,34+,35-,37-,38?,39?,40-/m0/s1. The molecule has 1 amide bonds. The van der Waals surface area contributed by atoms with Crippen LogP contribution in [-0.2, 0) is 14.3 Å². The van der Waals surface area contributed by atoms with Crippen LogP contribution in [0.15, 0.2) is 12.2 Å². The van der Waals surface area contributed by atoms with Crippen molar-refractivity contribution in [3.05, 3.63) is 12.2 Å². The van der Waals surface area contributed by atoms with Crippen molar-refractivity contribution >= 4 is 5.91 Å². The van der Waals surface area contributed by atoms with E-state index in [-0.39, 0.29) is 12.5 Å². The lowest BCUT2D eigenvalue weighted by atomic mass is 9.99. The number of carbonyl (C=O) groups excluding carboxylic acids is 1. The number of hydrogen-bond donors (Lipinski definition) is 6. The van der Waals surface area contributed by atoms with Gasteiger partial charge in [0.05, 0.1) is 25.4 Å². The molecule has 0 aromatic carbocycles. The second kappa shape index (κ2) is 31.6. The minimum Gasteiger partial charge on any atom is -0.394 e. The molecule has 49 heavy (non-hydrogen) atoms. The molecule has 0 aromatic rings. The number of aliphatic hydroxyl groups excluding tert-OH is 5. The van der Waals surface area contributed by atoms with E-state index in [9.17, 15) is 30.3 Å². The van der Waals surface area contributed by atoms with Crippen molar-refractivity contribution in [3.8, 4) is 0 Å². The van der Waals surface area contributed by atoms with Gasteiger partial charge in [-0.05, 0) is 38.5 Å². The predicted molar refractivity (Wildman–Crippen MR) is 198 cm³/mol. The number of nitrogens with one attached hydrogen (secondary N) is 1. The Morgan fingerprint density at radius 1 is 0.673 bits per heavy atom. The van der Waals surface area contributed by atoms with E-state index in [1.54, 1.807) is 0 Å². The molecular weight excluding hydrogens is 622 g/mol. The van der Waals surface area contributed by atoms with Gasteiger partial charge in [-0.15, -0.1) is 0 Å². The minimum absolute atomic E-state index is 0.139. The molecular formula is C40H77NO8. The van der Waals surface area contributed by atoms with Gasteiger partial charge in [-0.3, -0.25) is 4.79 Å². The van der Waals surface area contributed by atoms with Crippen molar-refractivity contribution in [2.45, 2.75) is 224 Å². The van der Waals surface area contributed by atoms with Crippen molar-refractivity contribution in [3.63, 3.8) is 0 Å². The van der Waals surface area contributed by atoms with Crippen molar-refractivity contribution in [1.29, 1.82) is 0 Å². The molecule has 1 rings (SSSR count). The molecule has 1 heterocycles. The van der Waals surface area contributed by atoms with Gasteiger partial charge >= 0.3 is 0 Å². The zero-order valence-corrected chi connectivity index (χ0v) is 31.5. The smallest absolute Gasteiger partial charge is 0.220 e. The molecule has 1 aliphatic rings. The molecule has 1 aliphatic heterocycles. The quantitative estimate of drug-likeness (QED) is 0.0307. The molecule has 7 atom stereocenters. The average Bonchev–Trinajstić information content (AvgIpc) is 3.10. The van der Waals surface area contributed by atoms with Crippen LogP contribution in [0.1, 0.15) is 181 Å². The summed E-state index contributed by atoms with van der Waals surface area (Å²) in [5.74, 6) is -0.155. The van der Waals surface area contributed by atoms with Crippen molar-refractivity contribution in [1.82, 2.24) is 5.32 Å². The van der Waals surface area contributed by atoms with Crippen LogP contribution in [0.5, 0.6) is 0 Å². The predicted octanol–water partition coefficient (Wildman–Crippen LogP) is 7.39. The van der Waals surface area contributed by atoms with Crippen LogP contribution in [0.25, 0.3) is 0 Å². The average molecular weight is 700 g/mol. The number of aliphatic hydroxyl groups is 5. The fourth-order valence-corrected chi connectivity index (χ4v) is 6.51. The molecule has 9 heteroatoms. The topological polar surface area (TPSA) is 149 Å². The summed E-state index contributed by atoms with van der Waals surface area (Å²) in [7, 11) is 0. The largest absolute Gasteiger partial charge is 0.394 e. The zero-order chi connectivity index (χ0) is 36.0. The number of unbranched alkanes of at least 4 members (excludes halogenated alkanes) is 21. The molecule has 0 aromatic heterocycles. The lowest BCUT2D eigenvalue weighted by Gasteiger charge is -2.40. The van der Waals surface area contributed by atoms with Crippen molar-refractivity contribution in [2.75, 3.05) is 13.2 Å². The first-order valence-electron chi connectivity index (χ1n) is 20.4. The molecule has 6 N–H and O–H groups in total. The van der Waals surface area contributed by atoms with Gasteiger partial charge in [0.1, 0.15) is 24.4 Å². The highest BCUT2D eigenvalue weighted by molar-refractivity contribution is 5.76. The van der Waals surface area contributed by atoms with E-state index in [0.29, 0.717) is 12.8 Å². The lowest BCUT2D eigenvalue weighted by molar-refractivity contribution is -0.302. The highest BCUT2D eigenvalue weighted by Crippen LogP contribution is 2.23. The summed E-state index contributed by atoms with van der Waals surface area (Å²) in [6, 6.07) is -0.717. The first-order chi connectivity index (χ1) is 23.8. The zero-order valence-electron chi connectivity index (χ0n) is 31.5. The second-order valence-electron chi connectivity index (χ2n) is 14.4. The third-order valence-electron chi connectivity index (χ3n) is 9.87. The normalized spacial score (nSPS) is 22.5. The Morgan fingerprint density at radius 2 is 1.14 bits per heavy atom. The third-order valence-corrected chi connectivity index (χ3v) is 9.87. The van der Waals surface area contributed by atoms with E-state index < -0.39 is 49.5 Å². The minimum atomic E-state index is -1.55. The number of ether oxygens (including phenoxy) is 2. The molecule has 0 aliphatic carbocycles. The first-order valence-corrected chi connectivity index (χ1v) is 20.4. The van der Waals surface area contributed by atoms with E-state index >= 15 is 0 Å². The van der Waals surface area contributed by atoms with Gasteiger partial charge in [-0.25, -0.2) is 0 Å². The SMILES string of the molecule is CCCCCCCC/C=C/CCCCCCCC(=O)N[C@@H](CO[C@H]1O[C@@H](CO)[C@H](O)C(O)C1O)[C@H](O)CCCCCCCCCCCCC. The highest BCUT2D eigenvalue weighted by atomic mass is 16.7. The Balaban J connectivity index is 2.39. The molecule has 1 saturated heterocycles. The van der Waals surface area contributed by atoms with Gasteiger partial charge in [0.2, 0.25) is 5.91 Å². The fourth-order valence-electron chi connectivity index (χ4n) is 6.51. The Bertz CT molecular complexity index is 781. The Morgan fingerprint density at radius 3 is 1.65 bits per heavy atom. The van der Waals surface area contributed by atoms with Gasteiger partial charge < -0.3 is 40.3 Å². The summed E-state index contributed by atoms with van der Waals surface area (Å²) in [5.41, 5.74) is 0. The Kier molecular flexibility index (Phi) is 29.7. The molecule has 0 spiro atoms. The summed E-state index contributed by atoms with van der Waals surface area (Å²) < 4.78 is 11.2. The Hall–Kier alpha value is -1.07. The van der Waals surface area contributed by atoms with Gasteiger partial charge in [0.25, 0.3) is 0 Å². The fraction of sp³-hybridized carbons (Fsp3) is 0.925. The van der Waals surface area contributed by atoms with Crippen molar-refractivity contribution < 1.29 is 39.8 Å². The van der Waals surface area contributed by atoms with Gasteiger partial charge in [0, 0.05) is 6.42 Å². The molecule has 290 valence electrons. The number of rotatable bonds is 33.